The molecular formula is C16H13NO3S. The molecule has 1 aromatic carbocycles. The Balaban J connectivity index is 2.23. The third-order valence-electron chi connectivity index (χ3n) is 3.30. The standard InChI is InChI=1S/C16H13NO3S/c1-10-7-12-14(18)13(16(19)20)9-17(15(12)21-10)8-11-5-3-2-4-6-11/h2-7,9H,8H2,1H3,(H,19,20). The van der Waals surface area contributed by atoms with Crippen molar-refractivity contribution < 1.29 is 9.90 Å². The van der Waals surface area contributed by atoms with Gasteiger partial charge in [0.05, 0.1) is 5.39 Å². The predicted molar refractivity (Wildman–Crippen MR) is 83.3 cm³/mol. The predicted octanol–water partition coefficient (Wildman–Crippen LogP) is 3.12. The normalized spacial score (nSPS) is 10.9. The number of carbonyl (C=O) groups is 1. The van der Waals surface area contributed by atoms with Crippen LogP contribution in [0.4, 0.5) is 0 Å². The molecule has 0 saturated carbocycles. The number of carboxylic acid groups (broad SMARTS) is 1. The number of hydrogen-bond acceptors (Lipinski definition) is 3. The molecule has 1 N–H and O–H groups in total. The van der Waals surface area contributed by atoms with E-state index in [-0.39, 0.29) is 5.56 Å². The number of benzene rings is 1. The number of carboxylic acids is 1. The molecule has 3 aromatic rings. The van der Waals surface area contributed by atoms with Gasteiger partial charge in [-0.3, -0.25) is 4.79 Å². The molecule has 0 aliphatic heterocycles. The molecule has 5 heteroatoms. The van der Waals surface area contributed by atoms with Crippen molar-refractivity contribution >= 4 is 27.5 Å². The molecule has 2 heterocycles. The van der Waals surface area contributed by atoms with Crippen molar-refractivity contribution in [2.45, 2.75) is 13.5 Å². The molecule has 0 spiro atoms. The Morgan fingerprint density at radius 1 is 1.29 bits per heavy atom. The van der Waals surface area contributed by atoms with Gasteiger partial charge in [-0.05, 0) is 18.6 Å². The summed E-state index contributed by atoms with van der Waals surface area (Å²) in [5, 5.41) is 9.69. The SMILES string of the molecule is Cc1cc2c(=O)c(C(=O)O)cn(Cc3ccccc3)c2s1. The molecule has 3 rings (SSSR count). The number of aryl methyl sites for hydroxylation is 1. The second-order valence-corrected chi connectivity index (χ2v) is 6.10. The van der Waals surface area contributed by atoms with E-state index in [0.717, 1.165) is 15.3 Å². The first-order valence-electron chi connectivity index (χ1n) is 6.47. The molecule has 0 unspecified atom stereocenters. The molecule has 21 heavy (non-hydrogen) atoms. The van der Waals surface area contributed by atoms with E-state index in [1.54, 1.807) is 6.07 Å². The Labute approximate surface area is 124 Å². The fourth-order valence-corrected chi connectivity index (χ4v) is 3.32. The fourth-order valence-electron chi connectivity index (χ4n) is 2.35. The highest BCUT2D eigenvalue weighted by molar-refractivity contribution is 7.18. The van der Waals surface area contributed by atoms with Crippen LogP contribution in [0, 0.1) is 6.92 Å². The van der Waals surface area contributed by atoms with E-state index in [0.29, 0.717) is 11.9 Å². The molecule has 0 aliphatic rings. The first-order valence-corrected chi connectivity index (χ1v) is 7.28. The minimum absolute atomic E-state index is 0.184. The topological polar surface area (TPSA) is 59.3 Å². The molecule has 2 aromatic heterocycles. The lowest BCUT2D eigenvalue weighted by molar-refractivity contribution is 0.0695. The molecule has 0 saturated heterocycles. The summed E-state index contributed by atoms with van der Waals surface area (Å²) in [6.07, 6.45) is 1.44. The van der Waals surface area contributed by atoms with Crippen LogP contribution in [0.3, 0.4) is 0 Å². The smallest absolute Gasteiger partial charge is 0.341 e. The van der Waals surface area contributed by atoms with E-state index < -0.39 is 11.4 Å². The largest absolute Gasteiger partial charge is 0.477 e. The van der Waals surface area contributed by atoms with Crippen molar-refractivity contribution in [2.75, 3.05) is 0 Å². The molecule has 0 amide bonds. The van der Waals surface area contributed by atoms with Crippen molar-refractivity contribution in [1.29, 1.82) is 0 Å². The Hall–Kier alpha value is -2.40. The summed E-state index contributed by atoms with van der Waals surface area (Å²) in [5.74, 6) is -1.19. The zero-order valence-corrected chi connectivity index (χ0v) is 12.2. The fraction of sp³-hybridized carbons (Fsp3) is 0.125. The molecule has 4 nitrogen and oxygen atoms in total. The van der Waals surface area contributed by atoms with Crippen molar-refractivity contribution in [2.24, 2.45) is 0 Å². The summed E-state index contributed by atoms with van der Waals surface area (Å²) in [5.41, 5.74) is 0.465. The summed E-state index contributed by atoms with van der Waals surface area (Å²) >= 11 is 1.50. The quantitative estimate of drug-likeness (QED) is 0.808. The molecule has 0 fully saturated rings. The van der Waals surface area contributed by atoms with Gasteiger partial charge in [0.25, 0.3) is 0 Å². The van der Waals surface area contributed by atoms with E-state index >= 15 is 0 Å². The van der Waals surface area contributed by atoms with Crippen molar-refractivity contribution in [1.82, 2.24) is 4.57 Å². The number of thiophene rings is 1. The van der Waals surface area contributed by atoms with Crippen LogP contribution in [0.1, 0.15) is 20.8 Å². The van der Waals surface area contributed by atoms with Gasteiger partial charge in [-0.25, -0.2) is 4.79 Å². The van der Waals surface area contributed by atoms with Crippen LogP contribution in [0.25, 0.3) is 10.2 Å². The maximum atomic E-state index is 12.2. The molecule has 106 valence electrons. The summed E-state index contributed by atoms with van der Waals surface area (Å²) in [4.78, 5) is 25.3. The first-order chi connectivity index (χ1) is 10.1. The third kappa shape index (κ3) is 2.48. The number of nitrogens with zero attached hydrogens (tertiary/aromatic N) is 1. The monoisotopic (exact) mass is 299 g/mol. The molecule has 0 bridgehead atoms. The molecule has 0 aliphatic carbocycles. The summed E-state index contributed by atoms with van der Waals surface area (Å²) < 4.78 is 1.84. The number of pyridine rings is 1. The summed E-state index contributed by atoms with van der Waals surface area (Å²) in [6.45, 7) is 2.45. The van der Waals surface area contributed by atoms with Gasteiger partial charge in [0.1, 0.15) is 10.4 Å². The van der Waals surface area contributed by atoms with Crippen molar-refractivity contribution in [3.05, 3.63) is 68.8 Å². The number of rotatable bonds is 3. The van der Waals surface area contributed by atoms with Gasteiger partial charge < -0.3 is 9.67 Å². The van der Waals surface area contributed by atoms with Gasteiger partial charge in [-0.1, -0.05) is 30.3 Å². The van der Waals surface area contributed by atoms with Crippen molar-refractivity contribution in [3.8, 4) is 0 Å². The zero-order chi connectivity index (χ0) is 15.0. The average molecular weight is 299 g/mol. The van der Waals surface area contributed by atoms with E-state index in [1.165, 1.54) is 17.5 Å². The highest BCUT2D eigenvalue weighted by atomic mass is 32.1. The highest BCUT2D eigenvalue weighted by Crippen LogP contribution is 2.24. The van der Waals surface area contributed by atoms with Gasteiger partial charge in [0.15, 0.2) is 0 Å². The lowest BCUT2D eigenvalue weighted by Crippen LogP contribution is -2.18. The Morgan fingerprint density at radius 2 is 2.00 bits per heavy atom. The lowest BCUT2D eigenvalue weighted by Gasteiger charge is -2.09. The lowest BCUT2D eigenvalue weighted by atomic mass is 10.2. The van der Waals surface area contributed by atoms with E-state index in [1.807, 2.05) is 41.8 Å². The molecule has 0 atom stereocenters. The Bertz CT molecular complexity index is 878. The summed E-state index contributed by atoms with van der Waals surface area (Å²) in [6, 6.07) is 11.5. The van der Waals surface area contributed by atoms with Crippen LogP contribution in [0.15, 0.2) is 47.4 Å². The van der Waals surface area contributed by atoms with Gasteiger partial charge >= 0.3 is 5.97 Å². The highest BCUT2D eigenvalue weighted by Gasteiger charge is 2.16. The van der Waals surface area contributed by atoms with Crippen LogP contribution in [0.5, 0.6) is 0 Å². The third-order valence-corrected chi connectivity index (χ3v) is 4.38. The van der Waals surface area contributed by atoms with E-state index in [4.69, 9.17) is 0 Å². The molecular weight excluding hydrogens is 286 g/mol. The zero-order valence-electron chi connectivity index (χ0n) is 11.4. The Morgan fingerprint density at radius 3 is 2.67 bits per heavy atom. The number of aromatic carboxylic acids is 1. The van der Waals surface area contributed by atoms with Gasteiger partial charge in [-0.2, -0.15) is 0 Å². The molecule has 0 radical (unpaired) electrons. The summed E-state index contributed by atoms with van der Waals surface area (Å²) in [7, 11) is 0. The van der Waals surface area contributed by atoms with Crippen LogP contribution < -0.4 is 5.43 Å². The maximum Gasteiger partial charge on any atom is 0.341 e. The number of hydrogen-bond donors (Lipinski definition) is 1. The van der Waals surface area contributed by atoms with Crippen LogP contribution >= 0.6 is 11.3 Å². The van der Waals surface area contributed by atoms with E-state index in [2.05, 4.69) is 0 Å². The minimum atomic E-state index is -1.19. The minimum Gasteiger partial charge on any atom is -0.477 e. The number of fused-ring (bicyclic) bond motifs is 1. The second kappa shape index (κ2) is 5.18. The van der Waals surface area contributed by atoms with Gasteiger partial charge in [0.2, 0.25) is 5.43 Å². The van der Waals surface area contributed by atoms with Crippen molar-refractivity contribution in [3.63, 3.8) is 0 Å². The maximum absolute atomic E-state index is 12.2. The van der Waals surface area contributed by atoms with E-state index in [9.17, 15) is 14.7 Å². The number of aromatic nitrogens is 1. The van der Waals surface area contributed by atoms with Gasteiger partial charge in [0, 0.05) is 17.6 Å². The second-order valence-electron chi connectivity index (χ2n) is 4.87. The van der Waals surface area contributed by atoms with Crippen LogP contribution in [-0.4, -0.2) is 15.6 Å². The average Bonchev–Trinajstić information content (AvgIpc) is 2.85. The van der Waals surface area contributed by atoms with Crippen LogP contribution in [-0.2, 0) is 6.54 Å². The van der Waals surface area contributed by atoms with Gasteiger partial charge in [-0.15, -0.1) is 11.3 Å². The first kappa shape index (κ1) is 13.6. The van der Waals surface area contributed by atoms with Crippen LogP contribution in [0.2, 0.25) is 0 Å². The Kier molecular flexibility index (Phi) is 3.35.